The van der Waals surface area contributed by atoms with Crippen LogP contribution in [0.4, 0.5) is 0 Å². The van der Waals surface area contributed by atoms with Gasteiger partial charge in [-0.25, -0.2) is 4.98 Å². The maximum Gasteiger partial charge on any atom is 0.239 e. The van der Waals surface area contributed by atoms with Gasteiger partial charge in [0.1, 0.15) is 5.82 Å². The molecule has 1 aromatic heterocycles. The van der Waals surface area contributed by atoms with Crippen molar-refractivity contribution in [2.45, 2.75) is 12.5 Å². The number of likely N-dealkylation sites (N-methyl/N-ethyl adjacent to an activating group) is 1. The number of carbonyl (C=O) groups is 1. The standard InChI is InChI=1S/C8H14N4O/c1-12(2)8(13)6(9)5-7-10-3-4-11-7/h3-4,6H,5,9H2,1-2H3,(H,10,11). The number of imidazole rings is 1. The number of aromatic amines is 1. The number of nitrogens with two attached hydrogens (primary N) is 1. The van der Waals surface area contributed by atoms with Gasteiger partial charge in [0, 0.05) is 32.9 Å². The van der Waals surface area contributed by atoms with Gasteiger partial charge in [-0.05, 0) is 0 Å². The van der Waals surface area contributed by atoms with Crippen molar-refractivity contribution in [1.82, 2.24) is 14.9 Å². The van der Waals surface area contributed by atoms with Crippen LogP contribution in [0.5, 0.6) is 0 Å². The molecule has 0 aromatic carbocycles. The lowest BCUT2D eigenvalue weighted by molar-refractivity contribution is -0.130. The minimum atomic E-state index is -0.513. The number of aromatic nitrogens is 2. The van der Waals surface area contributed by atoms with Crippen molar-refractivity contribution < 1.29 is 4.79 Å². The average Bonchev–Trinajstić information content (AvgIpc) is 2.55. The summed E-state index contributed by atoms with van der Waals surface area (Å²) in [6, 6.07) is -0.513. The van der Waals surface area contributed by atoms with E-state index in [9.17, 15) is 4.79 Å². The van der Waals surface area contributed by atoms with Gasteiger partial charge in [0.05, 0.1) is 6.04 Å². The van der Waals surface area contributed by atoms with Gasteiger partial charge < -0.3 is 15.6 Å². The molecule has 0 fully saturated rings. The largest absolute Gasteiger partial charge is 0.349 e. The molecular weight excluding hydrogens is 168 g/mol. The highest BCUT2D eigenvalue weighted by molar-refractivity contribution is 5.81. The monoisotopic (exact) mass is 182 g/mol. The molecule has 13 heavy (non-hydrogen) atoms. The van der Waals surface area contributed by atoms with E-state index in [0.29, 0.717) is 6.42 Å². The number of H-pyrrole nitrogens is 1. The van der Waals surface area contributed by atoms with Crippen molar-refractivity contribution in [1.29, 1.82) is 0 Å². The summed E-state index contributed by atoms with van der Waals surface area (Å²) in [5, 5.41) is 0. The lowest BCUT2D eigenvalue weighted by Gasteiger charge is -2.15. The van der Waals surface area contributed by atoms with E-state index >= 15 is 0 Å². The highest BCUT2D eigenvalue weighted by Crippen LogP contribution is 1.96. The van der Waals surface area contributed by atoms with Gasteiger partial charge >= 0.3 is 0 Å². The summed E-state index contributed by atoms with van der Waals surface area (Å²) in [6.07, 6.45) is 3.80. The van der Waals surface area contributed by atoms with E-state index in [4.69, 9.17) is 5.73 Å². The summed E-state index contributed by atoms with van der Waals surface area (Å²) in [7, 11) is 3.37. The van der Waals surface area contributed by atoms with Crippen molar-refractivity contribution in [3.05, 3.63) is 18.2 Å². The molecule has 0 spiro atoms. The van der Waals surface area contributed by atoms with Crippen molar-refractivity contribution in [3.8, 4) is 0 Å². The van der Waals surface area contributed by atoms with Crippen LogP contribution in [0.15, 0.2) is 12.4 Å². The summed E-state index contributed by atoms with van der Waals surface area (Å²) >= 11 is 0. The third kappa shape index (κ3) is 2.55. The molecule has 0 radical (unpaired) electrons. The summed E-state index contributed by atoms with van der Waals surface area (Å²) < 4.78 is 0. The smallest absolute Gasteiger partial charge is 0.239 e. The van der Waals surface area contributed by atoms with Crippen LogP contribution in [0, 0.1) is 0 Å². The Hall–Kier alpha value is -1.36. The maximum atomic E-state index is 11.3. The second-order valence-corrected chi connectivity index (χ2v) is 3.08. The first-order valence-electron chi connectivity index (χ1n) is 4.06. The molecule has 1 rings (SSSR count). The number of nitrogens with zero attached hydrogens (tertiary/aromatic N) is 2. The third-order valence-corrected chi connectivity index (χ3v) is 1.73. The van der Waals surface area contributed by atoms with Crippen molar-refractivity contribution in [2.24, 2.45) is 5.73 Å². The van der Waals surface area contributed by atoms with Crippen LogP contribution >= 0.6 is 0 Å². The number of hydrogen-bond acceptors (Lipinski definition) is 3. The van der Waals surface area contributed by atoms with Gasteiger partial charge in [-0.1, -0.05) is 0 Å². The van der Waals surface area contributed by atoms with Crippen molar-refractivity contribution in [2.75, 3.05) is 14.1 Å². The second kappa shape index (κ2) is 4.04. The number of amides is 1. The summed E-state index contributed by atoms with van der Waals surface area (Å²) in [4.78, 5) is 19.7. The van der Waals surface area contributed by atoms with Gasteiger partial charge in [0.25, 0.3) is 0 Å². The van der Waals surface area contributed by atoms with Crippen LogP contribution in [0.3, 0.4) is 0 Å². The first-order chi connectivity index (χ1) is 6.11. The molecule has 5 heteroatoms. The Morgan fingerprint density at radius 1 is 1.77 bits per heavy atom. The molecule has 1 amide bonds. The van der Waals surface area contributed by atoms with Gasteiger partial charge in [0.2, 0.25) is 5.91 Å². The normalized spacial score (nSPS) is 12.5. The molecule has 72 valence electrons. The lowest BCUT2D eigenvalue weighted by atomic mass is 10.2. The Bertz CT molecular complexity index is 268. The Labute approximate surface area is 76.9 Å². The van der Waals surface area contributed by atoms with E-state index < -0.39 is 6.04 Å². The Kier molecular flexibility index (Phi) is 3.02. The topological polar surface area (TPSA) is 75.0 Å². The van der Waals surface area contributed by atoms with E-state index in [0.717, 1.165) is 5.82 Å². The van der Waals surface area contributed by atoms with Crippen LogP contribution < -0.4 is 5.73 Å². The molecular formula is C8H14N4O. The molecule has 0 saturated heterocycles. The third-order valence-electron chi connectivity index (χ3n) is 1.73. The van der Waals surface area contributed by atoms with E-state index in [1.165, 1.54) is 4.90 Å². The molecule has 1 aromatic rings. The van der Waals surface area contributed by atoms with E-state index in [2.05, 4.69) is 9.97 Å². The maximum absolute atomic E-state index is 11.3. The molecule has 0 saturated carbocycles. The summed E-state index contributed by atoms with van der Waals surface area (Å²) in [5.41, 5.74) is 5.66. The number of hydrogen-bond donors (Lipinski definition) is 2. The molecule has 1 unspecified atom stereocenters. The van der Waals surface area contributed by atoms with Crippen LogP contribution in [-0.4, -0.2) is 40.9 Å². The summed E-state index contributed by atoms with van der Waals surface area (Å²) in [5.74, 6) is 0.652. The highest BCUT2D eigenvalue weighted by Gasteiger charge is 2.16. The Balaban J connectivity index is 2.51. The fourth-order valence-corrected chi connectivity index (χ4v) is 1.04. The Morgan fingerprint density at radius 3 is 2.92 bits per heavy atom. The molecule has 0 bridgehead atoms. The van der Waals surface area contributed by atoms with Crippen LogP contribution in [0.25, 0.3) is 0 Å². The first-order valence-corrected chi connectivity index (χ1v) is 4.06. The fourth-order valence-electron chi connectivity index (χ4n) is 1.04. The minimum absolute atomic E-state index is 0.0867. The van der Waals surface area contributed by atoms with Crippen molar-refractivity contribution in [3.63, 3.8) is 0 Å². The zero-order valence-electron chi connectivity index (χ0n) is 7.82. The number of nitrogens with one attached hydrogen (secondary N) is 1. The molecule has 0 aliphatic carbocycles. The van der Waals surface area contributed by atoms with Gasteiger partial charge in [-0.15, -0.1) is 0 Å². The zero-order valence-corrected chi connectivity index (χ0v) is 7.82. The quantitative estimate of drug-likeness (QED) is 0.653. The molecule has 1 heterocycles. The minimum Gasteiger partial charge on any atom is -0.349 e. The first kappa shape index (κ1) is 9.73. The molecule has 0 aliphatic heterocycles. The van der Waals surface area contributed by atoms with E-state index in [-0.39, 0.29) is 5.91 Å². The van der Waals surface area contributed by atoms with Crippen LogP contribution in [0.1, 0.15) is 5.82 Å². The Morgan fingerprint density at radius 2 is 2.46 bits per heavy atom. The van der Waals surface area contributed by atoms with Gasteiger partial charge in [0.15, 0.2) is 0 Å². The van der Waals surface area contributed by atoms with Gasteiger partial charge in [-0.3, -0.25) is 4.79 Å². The molecule has 0 aliphatic rings. The summed E-state index contributed by atoms with van der Waals surface area (Å²) in [6.45, 7) is 0. The molecule has 3 N–H and O–H groups in total. The van der Waals surface area contributed by atoms with E-state index in [1.807, 2.05) is 0 Å². The fraction of sp³-hybridized carbons (Fsp3) is 0.500. The molecule has 1 atom stereocenters. The lowest BCUT2D eigenvalue weighted by Crippen LogP contribution is -2.41. The van der Waals surface area contributed by atoms with Crippen LogP contribution in [-0.2, 0) is 11.2 Å². The van der Waals surface area contributed by atoms with Gasteiger partial charge in [-0.2, -0.15) is 0 Å². The van der Waals surface area contributed by atoms with Crippen molar-refractivity contribution >= 4 is 5.91 Å². The predicted octanol–water partition coefficient (Wildman–Crippen LogP) is -0.632. The average molecular weight is 182 g/mol. The van der Waals surface area contributed by atoms with Crippen LogP contribution in [0.2, 0.25) is 0 Å². The highest BCUT2D eigenvalue weighted by atomic mass is 16.2. The molecule has 5 nitrogen and oxygen atoms in total. The zero-order chi connectivity index (χ0) is 9.84. The van der Waals surface area contributed by atoms with E-state index in [1.54, 1.807) is 26.5 Å². The SMILES string of the molecule is CN(C)C(=O)C(N)Cc1ncc[nH]1. The predicted molar refractivity (Wildman–Crippen MR) is 49.0 cm³/mol. The number of rotatable bonds is 3. The second-order valence-electron chi connectivity index (χ2n) is 3.08. The number of carbonyl (C=O) groups excluding carboxylic acids is 1.